The third kappa shape index (κ3) is 6.13. The van der Waals surface area contributed by atoms with Gasteiger partial charge in [0.1, 0.15) is 12.4 Å². The molecule has 1 heterocycles. The molecule has 8 nitrogen and oxygen atoms in total. The number of aryl methyl sites for hydroxylation is 1. The predicted molar refractivity (Wildman–Crippen MR) is 130 cm³/mol. The van der Waals surface area contributed by atoms with Crippen molar-refractivity contribution in [3.05, 3.63) is 65.0 Å². The minimum absolute atomic E-state index is 0.0262. The van der Waals surface area contributed by atoms with Gasteiger partial charge in [-0.15, -0.1) is 10.2 Å². The molecule has 174 valence electrons. The number of thioether (sulfide) groups is 1. The summed E-state index contributed by atoms with van der Waals surface area (Å²) in [5.74, 6) is 7.51. The lowest BCUT2D eigenvalue weighted by Crippen LogP contribution is -2.24. The van der Waals surface area contributed by atoms with Gasteiger partial charge in [-0.25, -0.2) is 4.68 Å². The first-order valence-electron chi connectivity index (χ1n) is 10.7. The number of amides is 1. The van der Waals surface area contributed by atoms with Gasteiger partial charge in [-0.1, -0.05) is 37.7 Å². The lowest BCUT2D eigenvalue weighted by atomic mass is 10.0. The fourth-order valence-corrected chi connectivity index (χ4v) is 3.90. The smallest absolute Gasteiger partial charge is 0.237 e. The fraction of sp³-hybridized carbons (Fsp3) is 0.333. The Morgan fingerprint density at radius 1 is 1.12 bits per heavy atom. The van der Waals surface area contributed by atoms with E-state index in [2.05, 4.69) is 41.5 Å². The van der Waals surface area contributed by atoms with Gasteiger partial charge in [0.05, 0.1) is 5.25 Å². The second-order valence-corrected chi connectivity index (χ2v) is 9.44. The largest absolute Gasteiger partial charge is 0.485 e. The summed E-state index contributed by atoms with van der Waals surface area (Å²) in [6.45, 7) is 9.66. The van der Waals surface area contributed by atoms with Gasteiger partial charge in [-0.05, 0) is 68.1 Å². The number of Topliss-reactive ketones (excluding diaryl/α,β-unsaturated/α-hetero) is 1. The lowest BCUT2D eigenvalue weighted by molar-refractivity contribution is -0.115. The van der Waals surface area contributed by atoms with E-state index < -0.39 is 5.25 Å². The van der Waals surface area contributed by atoms with Crippen molar-refractivity contribution in [2.24, 2.45) is 0 Å². The topological polar surface area (TPSA) is 112 Å². The average Bonchev–Trinajstić information content (AvgIpc) is 3.11. The van der Waals surface area contributed by atoms with Crippen LogP contribution < -0.4 is 15.9 Å². The Kier molecular flexibility index (Phi) is 7.75. The molecule has 1 amide bonds. The summed E-state index contributed by atoms with van der Waals surface area (Å²) in [6, 6.07) is 12.9. The maximum Gasteiger partial charge on any atom is 0.237 e. The second-order valence-electron chi connectivity index (χ2n) is 8.14. The van der Waals surface area contributed by atoms with Crippen LogP contribution in [0.25, 0.3) is 0 Å². The molecule has 0 aliphatic carbocycles. The highest BCUT2D eigenvalue weighted by atomic mass is 32.2. The van der Waals surface area contributed by atoms with Crippen LogP contribution in [0.15, 0.2) is 47.6 Å². The molecule has 3 N–H and O–H groups in total. The monoisotopic (exact) mass is 467 g/mol. The highest BCUT2D eigenvalue weighted by molar-refractivity contribution is 8.00. The van der Waals surface area contributed by atoms with E-state index in [9.17, 15) is 9.59 Å². The number of ketones is 1. The molecule has 0 radical (unpaired) electrons. The summed E-state index contributed by atoms with van der Waals surface area (Å²) >= 11 is 1.20. The zero-order valence-corrected chi connectivity index (χ0v) is 20.3. The van der Waals surface area contributed by atoms with Crippen molar-refractivity contribution < 1.29 is 14.3 Å². The van der Waals surface area contributed by atoms with Crippen LogP contribution in [0.2, 0.25) is 0 Å². The summed E-state index contributed by atoms with van der Waals surface area (Å²) in [5.41, 5.74) is 3.42. The summed E-state index contributed by atoms with van der Waals surface area (Å²) in [4.78, 5) is 24.0. The number of anilines is 1. The van der Waals surface area contributed by atoms with Gasteiger partial charge in [0.2, 0.25) is 11.1 Å². The lowest BCUT2D eigenvalue weighted by Gasteiger charge is -2.15. The minimum Gasteiger partial charge on any atom is -0.485 e. The molecule has 0 saturated carbocycles. The Labute approximate surface area is 197 Å². The van der Waals surface area contributed by atoms with Crippen molar-refractivity contribution in [3.8, 4) is 5.75 Å². The highest BCUT2D eigenvalue weighted by Gasteiger charge is 2.20. The number of ether oxygens (including phenoxy) is 1. The molecule has 0 spiro atoms. The minimum atomic E-state index is -0.470. The highest BCUT2D eigenvalue weighted by Crippen LogP contribution is 2.28. The SMILES string of the molecule is CC(=O)c1ccc(NC(=O)[C@H](C)Sc2nnc(COc3cc(C)ccc3C(C)C)n2N)cc1. The molecule has 9 heteroatoms. The van der Waals surface area contributed by atoms with E-state index in [0.717, 1.165) is 16.9 Å². The van der Waals surface area contributed by atoms with E-state index >= 15 is 0 Å². The van der Waals surface area contributed by atoms with Crippen molar-refractivity contribution >= 4 is 29.1 Å². The molecule has 2 aromatic carbocycles. The first kappa shape index (κ1) is 24.3. The average molecular weight is 468 g/mol. The second kappa shape index (κ2) is 10.5. The fourth-order valence-electron chi connectivity index (χ4n) is 3.12. The Bertz CT molecular complexity index is 1140. The molecule has 1 aromatic heterocycles. The molecular weight excluding hydrogens is 438 g/mol. The van der Waals surface area contributed by atoms with E-state index in [1.54, 1.807) is 31.2 Å². The van der Waals surface area contributed by atoms with Gasteiger partial charge in [-0.2, -0.15) is 0 Å². The number of hydrogen-bond donors (Lipinski definition) is 2. The molecule has 3 rings (SSSR count). The van der Waals surface area contributed by atoms with Crippen molar-refractivity contribution in [3.63, 3.8) is 0 Å². The normalized spacial score (nSPS) is 11.9. The van der Waals surface area contributed by atoms with E-state index in [4.69, 9.17) is 10.6 Å². The van der Waals surface area contributed by atoms with Gasteiger partial charge >= 0.3 is 0 Å². The first-order valence-corrected chi connectivity index (χ1v) is 11.5. The van der Waals surface area contributed by atoms with Gasteiger partial charge in [0, 0.05) is 11.3 Å². The molecule has 0 aliphatic rings. The van der Waals surface area contributed by atoms with Crippen LogP contribution >= 0.6 is 11.8 Å². The maximum absolute atomic E-state index is 12.6. The number of nitrogens with two attached hydrogens (primary N) is 1. The zero-order chi connectivity index (χ0) is 24.1. The number of benzene rings is 2. The number of nitrogens with zero attached hydrogens (tertiary/aromatic N) is 3. The number of carbonyl (C=O) groups excluding carboxylic acids is 2. The Balaban J connectivity index is 1.62. The van der Waals surface area contributed by atoms with Crippen LogP contribution in [0.5, 0.6) is 5.75 Å². The van der Waals surface area contributed by atoms with Crippen LogP contribution in [0, 0.1) is 6.92 Å². The van der Waals surface area contributed by atoms with Crippen LogP contribution in [0.1, 0.15) is 60.9 Å². The first-order chi connectivity index (χ1) is 15.7. The molecule has 3 aromatic rings. The van der Waals surface area contributed by atoms with Crippen molar-refractivity contribution in [2.75, 3.05) is 11.2 Å². The predicted octanol–water partition coefficient (Wildman–Crippen LogP) is 4.32. The molecule has 0 bridgehead atoms. The summed E-state index contributed by atoms with van der Waals surface area (Å²) < 4.78 is 7.35. The van der Waals surface area contributed by atoms with Crippen molar-refractivity contribution in [2.45, 2.75) is 57.5 Å². The summed E-state index contributed by atoms with van der Waals surface area (Å²) in [7, 11) is 0. The number of aromatic nitrogens is 3. The Morgan fingerprint density at radius 3 is 2.45 bits per heavy atom. The third-order valence-corrected chi connectivity index (χ3v) is 6.15. The standard InChI is InChI=1S/C24H29N5O3S/c1-14(2)20-11-6-15(3)12-21(20)32-13-22-27-28-24(29(22)25)33-17(5)23(31)26-19-9-7-18(8-10-19)16(4)30/h6-12,14,17H,13,25H2,1-5H3,(H,26,31)/t17-/m0/s1. The van der Waals surface area contributed by atoms with Gasteiger partial charge in [0.25, 0.3) is 0 Å². The van der Waals surface area contributed by atoms with Gasteiger partial charge in [-0.3, -0.25) is 9.59 Å². The Morgan fingerprint density at radius 2 is 1.82 bits per heavy atom. The quantitative estimate of drug-likeness (QED) is 0.274. The molecule has 1 atom stereocenters. The summed E-state index contributed by atoms with van der Waals surface area (Å²) in [6.07, 6.45) is 0. The zero-order valence-electron chi connectivity index (χ0n) is 19.5. The Hall–Kier alpha value is -3.33. The van der Waals surface area contributed by atoms with Crippen LogP contribution in [-0.4, -0.2) is 31.8 Å². The van der Waals surface area contributed by atoms with Gasteiger partial charge in [0.15, 0.2) is 11.6 Å². The van der Waals surface area contributed by atoms with Gasteiger partial charge < -0.3 is 15.9 Å². The van der Waals surface area contributed by atoms with Crippen LogP contribution in [0.4, 0.5) is 5.69 Å². The van der Waals surface area contributed by atoms with E-state index in [1.807, 2.05) is 13.0 Å². The van der Waals surface area contributed by atoms with Crippen LogP contribution in [0.3, 0.4) is 0 Å². The van der Waals surface area contributed by atoms with E-state index in [-0.39, 0.29) is 18.3 Å². The molecular formula is C24H29N5O3S. The van der Waals surface area contributed by atoms with Crippen LogP contribution in [-0.2, 0) is 11.4 Å². The molecule has 0 aliphatic heterocycles. The number of rotatable bonds is 9. The third-order valence-electron chi connectivity index (χ3n) is 5.09. The molecule has 0 unspecified atom stereocenters. The van der Waals surface area contributed by atoms with E-state index in [1.165, 1.54) is 23.4 Å². The maximum atomic E-state index is 12.6. The molecule has 0 fully saturated rings. The number of nitrogens with one attached hydrogen (secondary N) is 1. The number of carbonyl (C=O) groups is 2. The number of nitrogen functional groups attached to an aromatic ring is 1. The molecule has 33 heavy (non-hydrogen) atoms. The van der Waals surface area contributed by atoms with Crippen molar-refractivity contribution in [1.82, 2.24) is 14.9 Å². The van der Waals surface area contributed by atoms with Crippen molar-refractivity contribution in [1.29, 1.82) is 0 Å². The molecule has 0 saturated heterocycles. The van der Waals surface area contributed by atoms with E-state index in [0.29, 0.717) is 28.1 Å². The number of hydrogen-bond acceptors (Lipinski definition) is 7. The summed E-state index contributed by atoms with van der Waals surface area (Å²) in [5, 5.41) is 11.0.